The molecule has 1 amide bonds. The molecule has 0 saturated heterocycles. The normalized spacial score (nSPS) is 11.0. The van der Waals surface area contributed by atoms with Gasteiger partial charge in [0.25, 0.3) is 0 Å². The first kappa shape index (κ1) is 22.5. The average molecular weight is 446 g/mol. The fourth-order valence-corrected chi connectivity index (χ4v) is 3.71. The summed E-state index contributed by atoms with van der Waals surface area (Å²) < 4.78 is 14.9. The number of unbranched alkanes of at least 4 members (excludes halogenated alkanes) is 2. The first-order valence-corrected chi connectivity index (χ1v) is 11.2. The number of H-pyrrole nitrogens is 1. The SMILES string of the molecule is CN(CCCCCc1cc(-c2ccc(F)cc2)n[nH]1)C(=O)Cc1cnn(-c2ccccc2)c1. The molecule has 2 heterocycles. The Morgan fingerprint density at radius 2 is 1.85 bits per heavy atom. The maximum atomic E-state index is 13.1. The molecular formula is C26H28FN5O. The van der Waals surface area contributed by atoms with Crippen molar-refractivity contribution in [1.82, 2.24) is 24.9 Å². The molecule has 7 heteroatoms. The van der Waals surface area contributed by atoms with Crippen LogP contribution in [0, 0.1) is 5.82 Å². The van der Waals surface area contributed by atoms with Gasteiger partial charge in [-0.05, 0) is 67.3 Å². The molecule has 0 bridgehead atoms. The highest BCUT2D eigenvalue weighted by atomic mass is 19.1. The van der Waals surface area contributed by atoms with Crippen molar-refractivity contribution >= 4 is 5.91 Å². The largest absolute Gasteiger partial charge is 0.345 e. The molecule has 0 radical (unpaired) electrons. The van der Waals surface area contributed by atoms with Crippen LogP contribution in [0.15, 0.2) is 73.1 Å². The van der Waals surface area contributed by atoms with E-state index in [4.69, 9.17) is 0 Å². The zero-order chi connectivity index (χ0) is 23.0. The first-order chi connectivity index (χ1) is 16.1. The third-order valence-corrected chi connectivity index (χ3v) is 5.65. The Bertz CT molecular complexity index is 1170. The second-order valence-electron chi connectivity index (χ2n) is 8.22. The first-order valence-electron chi connectivity index (χ1n) is 11.2. The monoisotopic (exact) mass is 445 g/mol. The molecule has 0 fully saturated rings. The van der Waals surface area contributed by atoms with Crippen molar-refractivity contribution in [3.8, 4) is 16.9 Å². The van der Waals surface area contributed by atoms with Gasteiger partial charge in [0.1, 0.15) is 5.82 Å². The lowest BCUT2D eigenvalue weighted by molar-refractivity contribution is -0.129. The van der Waals surface area contributed by atoms with Crippen LogP contribution in [0.5, 0.6) is 0 Å². The Balaban J connectivity index is 1.16. The third-order valence-electron chi connectivity index (χ3n) is 5.65. The van der Waals surface area contributed by atoms with Crippen LogP contribution in [0.2, 0.25) is 0 Å². The smallest absolute Gasteiger partial charge is 0.226 e. The number of hydrogen-bond acceptors (Lipinski definition) is 3. The molecule has 170 valence electrons. The second-order valence-corrected chi connectivity index (χ2v) is 8.22. The minimum Gasteiger partial charge on any atom is -0.345 e. The highest BCUT2D eigenvalue weighted by Gasteiger charge is 2.11. The number of benzene rings is 2. The molecule has 4 rings (SSSR count). The average Bonchev–Trinajstić information content (AvgIpc) is 3.50. The van der Waals surface area contributed by atoms with Crippen LogP contribution in [0.4, 0.5) is 4.39 Å². The van der Waals surface area contributed by atoms with E-state index in [1.807, 2.05) is 49.6 Å². The van der Waals surface area contributed by atoms with Crippen LogP contribution in [-0.4, -0.2) is 44.4 Å². The molecular weight excluding hydrogens is 417 g/mol. The molecule has 0 spiro atoms. The lowest BCUT2D eigenvalue weighted by atomic mass is 10.1. The van der Waals surface area contributed by atoms with E-state index in [-0.39, 0.29) is 11.7 Å². The predicted molar refractivity (Wildman–Crippen MR) is 126 cm³/mol. The molecule has 2 aromatic heterocycles. The predicted octanol–water partition coefficient (Wildman–Crippen LogP) is 4.82. The number of nitrogens with zero attached hydrogens (tertiary/aromatic N) is 4. The molecule has 1 N–H and O–H groups in total. The van der Waals surface area contributed by atoms with E-state index in [1.165, 1.54) is 12.1 Å². The van der Waals surface area contributed by atoms with Gasteiger partial charge >= 0.3 is 0 Å². The van der Waals surface area contributed by atoms with Gasteiger partial charge < -0.3 is 4.90 Å². The van der Waals surface area contributed by atoms with E-state index in [9.17, 15) is 9.18 Å². The Hall–Kier alpha value is -3.74. The summed E-state index contributed by atoms with van der Waals surface area (Å²) in [5.41, 5.74) is 4.67. The van der Waals surface area contributed by atoms with Crippen molar-refractivity contribution in [2.75, 3.05) is 13.6 Å². The highest BCUT2D eigenvalue weighted by Crippen LogP contribution is 2.19. The van der Waals surface area contributed by atoms with Crippen LogP contribution in [-0.2, 0) is 17.6 Å². The van der Waals surface area contributed by atoms with Gasteiger partial charge in [-0.25, -0.2) is 9.07 Å². The minimum atomic E-state index is -0.250. The van der Waals surface area contributed by atoms with Crippen molar-refractivity contribution in [2.45, 2.75) is 32.1 Å². The van der Waals surface area contributed by atoms with Gasteiger partial charge in [0, 0.05) is 31.0 Å². The molecule has 33 heavy (non-hydrogen) atoms. The molecule has 0 aliphatic rings. The minimum absolute atomic E-state index is 0.0973. The van der Waals surface area contributed by atoms with Gasteiger partial charge in [-0.3, -0.25) is 9.89 Å². The van der Waals surface area contributed by atoms with Gasteiger partial charge in [0.05, 0.1) is 24.0 Å². The van der Waals surface area contributed by atoms with Gasteiger partial charge in [-0.2, -0.15) is 10.2 Å². The number of carbonyl (C=O) groups excluding carboxylic acids is 1. The number of halogens is 1. The van der Waals surface area contributed by atoms with Crippen molar-refractivity contribution in [3.05, 3.63) is 90.1 Å². The summed E-state index contributed by atoms with van der Waals surface area (Å²) in [6.07, 6.45) is 7.89. The molecule has 0 unspecified atom stereocenters. The number of para-hydroxylation sites is 1. The van der Waals surface area contributed by atoms with Gasteiger partial charge in [-0.1, -0.05) is 24.6 Å². The zero-order valence-corrected chi connectivity index (χ0v) is 18.7. The Kier molecular flexibility index (Phi) is 7.29. The van der Waals surface area contributed by atoms with Crippen molar-refractivity contribution in [2.24, 2.45) is 0 Å². The summed E-state index contributed by atoms with van der Waals surface area (Å²) in [6.45, 7) is 0.732. The van der Waals surface area contributed by atoms with Crippen molar-refractivity contribution in [3.63, 3.8) is 0 Å². The van der Waals surface area contributed by atoms with Crippen molar-refractivity contribution < 1.29 is 9.18 Å². The molecule has 0 atom stereocenters. The van der Waals surface area contributed by atoms with Gasteiger partial charge in [0.15, 0.2) is 0 Å². The third kappa shape index (κ3) is 6.16. The molecule has 6 nitrogen and oxygen atoms in total. The van der Waals surface area contributed by atoms with E-state index in [0.29, 0.717) is 6.42 Å². The summed E-state index contributed by atoms with van der Waals surface area (Å²) in [7, 11) is 1.85. The lowest BCUT2D eigenvalue weighted by Crippen LogP contribution is -2.29. The summed E-state index contributed by atoms with van der Waals surface area (Å²) in [4.78, 5) is 14.3. The Morgan fingerprint density at radius 1 is 1.06 bits per heavy atom. The van der Waals surface area contributed by atoms with Crippen LogP contribution in [0.3, 0.4) is 0 Å². The fourth-order valence-electron chi connectivity index (χ4n) is 3.71. The maximum Gasteiger partial charge on any atom is 0.226 e. The number of likely N-dealkylation sites (N-methyl/N-ethyl adjacent to an activating group) is 1. The van der Waals surface area contributed by atoms with E-state index in [2.05, 4.69) is 15.3 Å². The summed E-state index contributed by atoms with van der Waals surface area (Å²) in [5, 5.41) is 11.7. The second kappa shape index (κ2) is 10.7. The maximum absolute atomic E-state index is 13.1. The summed E-state index contributed by atoms with van der Waals surface area (Å²) in [6, 6.07) is 18.2. The summed E-state index contributed by atoms with van der Waals surface area (Å²) >= 11 is 0. The molecule has 0 aliphatic carbocycles. The van der Waals surface area contributed by atoms with Gasteiger partial charge in [-0.15, -0.1) is 0 Å². The number of hydrogen-bond donors (Lipinski definition) is 1. The number of nitrogens with one attached hydrogen (secondary N) is 1. The molecule has 2 aromatic carbocycles. The number of rotatable bonds is 10. The Morgan fingerprint density at radius 3 is 2.64 bits per heavy atom. The zero-order valence-electron chi connectivity index (χ0n) is 18.7. The standard InChI is InChI=1S/C26H28FN5O/c1-31(26(33)16-20-18-28-32(19-20)24-9-5-2-6-10-24)15-7-3-4-8-23-17-25(30-29-23)21-11-13-22(27)14-12-21/h2,5-6,9-14,17-19H,3-4,7-8,15-16H2,1H3,(H,29,30). The molecule has 4 aromatic rings. The Labute approximate surface area is 193 Å². The van der Waals surface area contributed by atoms with Crippen LogP contribution >= 0.6 is 0 Å². The van der Waals surface area contributed by atoms with Crippen molar-refractivity contribution in [1.29, 1.82) is 0 Å². The number of amides is 1. The van der Waals surface area contributed by atoms with Gasteiger partial charge in [0.2, 0.25) is 5.91 Å². The topological polar surface area (TPSA) is 66.8 Å². The van der Waals surface area contributed by atoms with Crippen LogP contribution in [0.1, 0.15) is 30.5 Å². The van der Waals surface area contributed by atoms with E-state index in [0.717, 1.165) is 60.4 Å². The van der Waals surface area contributed by atoms with Crippen LogP contribution in [0.25, 0.3) is 16.9 Å². The number of carbonyl (C=O) groups is 1. The number of aromatic nitrogens is 4. The number of aromatic amines is 1. The quantitative estimate of drug-likeness (QED) is 0.356. The number of aryl methyl sites for hydroxylation is 1. The fraction of sp³-hybridized carbons (Fsp3) is 0.269. The highest BCUT2D eigenvalue weighted by molar-refractivity contribution is 5.78. The summed E-state index contributed by atoms with van der Waals surface area (Å²) in [5.74, 6) is -0.152. The van der Waals surface area contributed by atoms with E-state index < -0.39 is 0 Å². The van der Waals surface area contributed by atoms with E-state index >= 15 is 0 Å². The molecule has 0 saturated carbocycles. The molecule has 0 aliphatic heterocycles. The lowest BCUT2D eigenvalue weighted by Gasteiger charge is -2.16. The van der Waals surface area contributed by atoms with E-state index in [1.54, 1.807) is 27.9 Å². The van der Waals surface area contributed by atoms with Crippen LogP contribution < -0.4 is 0 Å².